The van der Waals surface area contributed by atoms with E-state index >= 15 is 0 Å². The van der Waals surface area contributed by atoms with Crippen LogP contribution in [0.3, 0.4) is 0 Å². The number of hydrogen-bond donors (Lipinski definition) is 1. The van der Waals surface area contributed by atoms with E-state index in [-0.39, 0.29) is 6.03 Å². The third-order valence-corrected chi connectivity index (χ3v) is 4.39. The summed E-state index contributed by atoms with van der Waals surface area (Å²) < 4.78 is 10.7. The number of carbonyl (C=O) groups excluding carboxylic acids is 1. The number of carbonyl (C=O) groups is 1. The van der Waals surface area contributed by atoms with Crippen molar-refractivity contribution in [3.63, 3.8) is 0 Å². The fraction of sp³-hybridized carbons (Fsp3) is 0.350. The van der Waals surface area contributed by atoms with Gasteiger partial charge in [0.2, 0.25) is 0 Å². The summed E-state index contributed by atoms with van der Waals surface area (Å²) in [6.07, 6.45) is 0. The summed E-state index contributed by atoms with van der Waals surface area (Å²) in [6, 6.07) is 17.7. The number of rotatable bonds is 6. The molecule has 1 fully saturated rings. The molecular weight excluding hydrogens is 330 g/mol. The lowest BCUT2D eigenvalue weighted by atomic mass is 10.2. The van der Waals surface area contributed by atoms with Gasteiger partial charge in [-0.15, -0.1) is 0 Å². The number of piperazine rings is 1. The van der Waals surface area contributed by atoms with Crippen LogP contribution in [-0.2, 0) is 0 Å². The van der Waals surface area contributed by atoms with Gasteiger partial charge in [0, 0.05) is 31.9 Å². The first-order valence-electron chi connectivity index (χ1n) is 8.86. The smallest absolute Gasteiger partial charge is 0.317 e. The number of nitrogens with one attached hydrogen (secondary N) is 1. The number of hydrogen-bond acceptors (Lipinski definition) is 4. The molecule has 0 aliphatic carbocycles. The predicted octanol–water partition coefficient (Wildman–Crippen LogP) is 2.61. The first-order valence-corrected chi connectivity index (χ1v) is 8.86. The van der Waals surface area contributed by atoms with Gasteiger partial charge in [0.25, 0.3) is 0 Å². The van der Waals surface area contributed by atoms with Crippen LogP contribution in [-0.4, -0.2) is 57.4 Å². The van der Waals surface area contributed by atoms with E-state index in [0.29, 0.717) is 13.2 Å². The van der Waals surface area contributed by atoms with Crippen LogP contribution in [0.1, 0.15) is 0 Å². The molecule has 0 saturated carbocycles. The van der Waals surface area contributed by atoms with Gasteiger partial charge in [-0.25, -0.2) is 4.79 Å². The fourth-order valence-corrected chi connectivity index (χ4v) is 2.92. The Bertz CT molecular complexity index is 683. The molecule has 1 saturated heterocycles. The summed E-state index contributed by atoms with van der Waals surface area (Å²) in [7, 11) is 1.63. The third-order valence-electron chi connectivity index (χ3n) is 4.39. The molecule has 3 rings (SSSR count). The molecule has 1 aliphatic rings. The lowest BCUT2D eigenvalue weighted by Crippen LogP contribution is -2.52. The van der Waals surface area contributed by atoms with Crippen molar-refractivity contribution >= 4 is 11.7 Å². The summed E-state index contributed by atoms with van der Waals surface area (Å²) in [5, 5.41) is 2.92. The lowest BCUT2D eigenvalue weighted by molar-refractivity contribution is 0.191. The zero-order valence-corrected chi connectivity index (χ0v) is 15.1. The molecule has 0 spiro atoms. The van der Waals surface area contributed by atoms with E-state index in [0.717, 1.165) is 37.7 Å². The Morgan fingerprint density at radius 3 is 2.27 bits per heavy atom. The Kier molecular flexibility index (Phi) is 6.19. The highest BCUT2D eigenvalue weighted by atomic mass is 16.5. The van der Waals surface area contributed by atoms with Crippen molar-refractivity contribution in [2.24, 2.45) is 0 Å². The summed E-state index contributed by atoms with van der Waals surface area (Å²) in [4.78, 5) is 16.4. The van der Waals surface area contributed by atoms with Gasteiger partial charge in [-0.2, -0.15) is 0 Å². The zero-order chi connectivity index (χ0) is 18.2. The van der Waals surface area contributed by atoms with E-state index in [1.54, 1.807) is 7.11 Å². The van der Waals surface area contributed by atoms with E-state index < -0.39 is 0 Å². The van der Waals surface area contributed by atoms with Gasteiger partial charge in [-0.3, -0.25) is 0 Å². The number of methoxy groups -OCH3 is 1. The Labute approximate surface area is 154 Å². The SMILES string of the molecule is COc1ccc(OCCNC(=O)N2CCN(c3ccccc3)CC2)cc1. The highest BCUT2D eigenvalue weighted by Crippen LogP contribution is 2.17. The van der Waals surface area contributed by atoms with E-state index in [1.165, 1.54) is 5.69 Å². The molecule has 0 bridgehead atoms. The number of amides is 2. The number of anilines is 1. The Balaban J connectivity index is 1.35. The van der Waals surface area contributed by atoms with E-state index in [4.69, 9.17) is 9.47 Å². The molecule has 26 heavy (non-hydrogen) atoms. The summed E-state index contributed by atoms with van der Waals surface area (Å²) >= 11 is 0. The molecule has 1 heterocycles. The number of nitrogens with zero attached hydrogens (tertiary/aromatic N) is 2. The van der Waals surface area contributed by atoms with Crippen molar-refractivity contribution in [3.05, 3.63) is 54.6 Å². The second-order valence-electron chi connectivity index (χ2n) is 6.07. The molecular formula is C20H25N3O3. The molecule has 0 atom stereocenters. The minimum Gasteiger partial charge on any atom is -0.497 e. The average Bonchev–Trinajstić information content (AvgIpc) is 2.72. The maximum absolute atomic E-state index is 12.3. The molecule has 0 unspecified atom stereocenters. The lowest BCUT2D eigenvalue weighted by Gasteiger charge is -2.36. The first kappa shape index (κ1) is 17.9. The predicted molar refractivity (Wildman–Crippen MR) is 102 cm³/mol. The van der Waals surface area contributed by atoms with Crippen molar-refractivity contribution in [3.8, 4) is 11.5 Å². The monoisotopic (exact) mass is 355 g/mol. The topological polar surface area (TPSA) is 54.0 Å². The minimum atomic E-state index is -0.0314. The molecule has 1 N–H and O–H groups in total. The van der Waals surface area contributed by atoms with Gasteiger partial charge in [-0.05, 0) is 36.4 Å². The number of benzene rings is 2. The van der Waals surface area contributed by atoms with Crippen molar-refractivity contribution in [1.29, 1.82) is 0 Å². The van der Waals surface area contributed by atoms with Gasteiger partial charge in [0.05, 0.1) is 13.7 Å². The number of ether oxygens (including phenoxy) is 2. The molecule has 2 aromatic rings. The second-order valence-corrected chi connectivity index (χ2v) is 6.07. The van der Waals surface area contributed by atoms with E-state index in [2.05, 4.69) is 22.3 Å². The van der Waals surface area contributed by atoms with Crippen molar-refractivity contribution < 1.29 is 14.3 Å². The molecule has 2 amide bonds. The molecule has 1 aliphatic heterocycles. The summed E-state index contributed by atoms with van der Waals surface area (Å²) in [6.45, 7) is 4.05. The summed E-state index contributed by atoms with van der Waals surface area (Å²) in [5.41, 5.74) is 1.21. The van der Waals surface area contributed by atoms with Crippen LogP contribution in [0.25, 0.3) is 0 Å². The Hall–Kier alpha value is -2.89. The van der Waals surface area contributed by atoms with Crippen LogP contribution in [0.4, 0.5) is 10.5 Å². The van der Waals surface area contributed by atoms with Crippen LogP contribution in [0, 0.1) is 0 Å². The highest BCUT2D eigenvalue weighted by Gasteiger charge is 2.20. The van der Waals surface area contributed by atoms with Crippen LogP contribution >= 0.6 is 0 Å². The zero-order valence-electron chi connectivity index (χ0n) is 15.1. The largest absolute Gasteiger partial charge is 0.497 e. The third kappa shape index (κ3) is 4.81. The number of urea groups is 1. The maximum Gasteiger partial charge on any atom is 0.317 e. The molecule has 0 radical (unpaired) electrons. The minimum absolute atomic E-state index is 0.0314. The van der Waals surface area contributed by atoms with Crippen molar-refractivity contribution in [2.75, 3.05) is 51.3 Å². The van der Waals surface area contributed by atoms with Crippen LogP contribution in [0.15, 0.2) is 54.6 Å². The molecule has 6 nitrogen and oxygen atoms in total. The Morgan fingerprint density at radius 2 is 1.62 bits per heavy atom. The number of para-hydroxylation sites is 1. The molecule has 138 valence electrons. The van der Waals surface area contributed by atoms with Crippen molar-refractivity contribution in [2.45, 2.75) is 0 Å². The van der Waals surface area contributed by atoms with Crippen molar-refractivity contribution in [1.82, 2.24) is 10.2 Å². The van der Waals surface area contributed by atoms with Crippen LogP contribution in [0.5, 0.6) is 11.5 Å². The van der Waals surface area contributed by atoms with Crippen LogP contribution < -0.4 is 19.7 Å². The molecule has 6 heteroatoms. The molecule has 0 aromatic heterocycles. The van der Waals surface area contributed by atoms with Gasteiger partial charge < -0.3 is 24.6 Å². The van der Waals surface area contributed by atoms with Gasteiger partial charge in [0.15, 0.2) is 0 Å². The second kappa shape index (κ2) is 8.99. The Morgan fingerprint density at radius 1 is 0.962 bits per heavy atom. The van der Waals surface area contributed by atoms with Gasteiger partial charge in [-0.1, -0.05) is 18.2 Å². The normalized spacial score (nSPS) is 14.0. The standard InChI is InChI=1S/C20H25N3O3/c1-25-18-7-9-19(10-8-18)26-16-11-21-20(24)23-14-12-22(13-15-23)17-5-3-2-4-6-17/h2-10H,11-16H2,1H3,(H,21,24). The highest BCUT2D eigenvalue weighted by molar-refractivity contribution is 5.74. The average molecular weight is 355 g/mol. The maximum atomic E-state index is 12.3. The van der Waals surface area contributed by atoms with E-state index in [9.17, 15) is 4.79 Å². The fourth-order valence-electron chi connectivity index (χ4n) is 2.92. The van der Waals surface area contributed by atoms with Gasteiger partial charge in [0.1, 0.15) is 18.1 Å². The summed E-state index contributed by atoms with van der Waals surface area (Å²) in [5.74, 6) is 1.55. The van der Waals surface area contributed by atoms with E-state index in [1.807, 2.05) is 47.4 Å². The van der Waals surface area contributed by atoms with Gasteiger partial charge >= 0.3 is 6.03 Å². The quantitative estimate of drug-likeness (QED) is 0.810. The van der Waals surface area contributed by atoms with Crippen LogP contribution in [0.2, 0.25) is 0 Å². The first-order chi connectivity index (χ1) is 12.8. The molecule has 2 aromatic carbocycles.